The maximum Gasteiger partial charge on any atom is 0.416 e. The normalized spacial score (nSPS) is 12.1. The lowest BCUT2D eigenvalue weighted by atomic mass is 10.1. The smallest absolute Gasteiger partial charge is 0.360 e. The number of allylic oxidation sites excluding steroid dienone is 5. The van der Waals surface area contributed by atoms with Gasteiger partial charge in [-0.3, -0.25) is 0 Å². The highest BCUT2D eigenvalue weighted by Gasteiger charge is 2.30. The zero-order valence-electron chi connectivity index (χ0n) is 18.2. The lowest BCUT2D eigenvalue weighted by Gasteiger charge is -2.07. The first-order valence-corrected chi connectivity index (χ1v) is 10.9. The highest BCUT2D eigenvalue weighted by Crippen LogP contribution is 2.33. The maximum atomic E-state index is 12.9. The first-order chi connectivity index (χ1) is 15.7. The van der Waals surface area contributed by atoms with E-state index in [9.17, 15) is 13.2 Å². The van der Waals surface area contributed by atoms with Gasteiger partial charge in [0.2, 0.25) is 0 Å². The molecule has 2 aromatic carbocycles. The summed E-state index contributed by atoms with van der Waals surface area (Å²) in [6.07, 6.45) is 6.77. The number of hydrogen-bond donors (Lipinski definition) is 2. The van der Waals surface area contributed by atoms with Crippen molar-refractivity contribution in [3.63, 3.8) is 0 Å². The molecule has 33 heavy (non-hydrogen) atoms. The van der Waals surface area contributed by atoms with Gasteiger partial charge in [-0.05, 0) is 44.2 Å². The predicted octanol–water partition coefficient (Wildman–Crippen LogP) is 8.70. The highest BCUT2D eigenvalue weighted by molar-refractivity contribution is 9.10. The van der Waals surface area contributed by atoms with Crippen molar-refractivity contribution >= 4 is 26.8 Å². The van der Waals surface area contributed by atoms with E-state index < -0.39 is 11.7 Å². The third-order valence-electron chi connectivity index (χ3n) is 4.93. The summed E-state index contributed by atoms with van der Waals surface area (Å²) < 4.78 is 39.6. The molecule has 0 saturated carbocycles. The minimum Gasteiger partial charge on any atom is -0.360 e. The quantitative estimate of drug-likeness (QED) is 0.263. The summed E-state index contributed by atoms with van der Waals surface area (Å²) in [6.45, 7) is 7.63. The molecule has 7 heteroatoms. The molecule has 170 valence electrons. The fourth-order valence-electron chi connectivity index (χ4n) is 3.07. The van der Waals surface area contributed by atoms with Gasteiger partial charge in [-0.25, -0.2) is 4.98 Å². The first-order valence-electron chi connectivity index (χ1n) is 10.1. The summed E-state index contributed by atoms with van der Waals surface area (Å²) in [5.74, 6) is 0.594. The molecule has 0 aliphatic carbocycles. The van der Waals surface area contributed by atoms with E-state index in [1.54, 1.807) is 18.3 Å². The summed E-state index contributed by atoms with van der Waals surface area (Å²) in [6, 6.07) is 11.0. The zero-order valence-corrected chi connectivity index (χ0v) is 19.8. The van der Waals surface area contributed by atoms with Crippen molar-refractivity contribution < 1.29 is 13.2 Å². The number of aromatic nitrogens is 3. The van der Waals surface area contributed by atoms with Gasteiger partial charge in [-0.2, -0.15) is 13.2 Å². The van der Waals surface area contributed by atoms with Crippen LogP contribution in [-0.2, 0) is 6.18 Å². The second kappa shape index (κ2) is 10.5. The number of rotatable bonds is 4. The number of benzene rings is 2. The molecule has 0 atom stereocenters. The van der Waals surface area contributed by atoms with Crippen LogP contribution < -0.4 is 0 Å². The number of aromatic amines is 2. The van der Waals surface area contributed by atoms with Crippen molar-refractivity contribution in [3.05, 3.63) is 101 Å². The molecule has 0 amide bonds. The minimum absolute atomic E-state index is 0.439. The van der Waals surface area contributed by atoms with Crippen molar-refractivity contribution in [1.29, 1.82) is 0 Å². The number of fused-ring (bicyclic) bond motifs is 1. The van der Waals surface area contributed by atoms with Crippen LogP contribution in [0.1, 0.15) is 19.4 Å². The Bertz CT molecular complexity index is 1310. The second-order valence-electron chi connectivity index (χ2n) is 7.24. The standard InChI is InChI=1S/C18H11BrF3N3.C8H12/c19-12-4-5-15-13(7-12)14(8-23-15)17-24-9-16(25-17)10-2-1-3-11(6-10)18(20,21)22;1-4-6-7-8(3)5-2/h1-9,23H,(H,24,25);4-7H,1H2,2-3H3/b;7-6-,8-5-. The molecule has 4 aromatic rings. The SMILES string of the molecule is C=C/C=C\C(C)=C/C.FC(F)(F)c1cccc(-c2cnc(-c3c[nH]c4ccc(Br)cc34)[nH]2)c1. The number of nitrogens with one attached hydrogen (secondary N) is 2. The van der Waals surface area contributed by atoms with Crippen LogP contribution in [0.2, 0.25) is 0 Å². The van der Waals surface area contributed by atoms with Crippen molar-refractivity contribution in [2.75, 3.05) is 0 Å². The van der Waals surface area contributed by atoms with Crippen LogP contribution in [0, 0.1) is 0 Å². The molecule has 2 aromatic heterocycles. The molecule has 2 heterocycles. The molecule has 0 aliphatic rings. The van der Waals surface area contributed by atoms with Gasteiger partial charge in [0.1, 0.15) is 5.82 Å². The lowest BCUT2D eigenvalue weighted by Crippen LogP contribution is -2.04. The molecule has 2 N–H and O–H groups in total. The van der Waals surface area contributed by atoms with Gasteiger partial charge < -0.3 is 9.97 Å². The number of imidazole rings is 1. The number of hydrogen-bond acceptors (Lipinski definition) is 1. The Labute approximate surface area is 198 Å². The van der Waals surface area contributed by atoms with E-state index in [4.69, 9.17) is 0 Å². The average molecular weight is 514 g/mol. The Hall–Kier alpha value is -3.32. The first kappa shape index (κ1) is 24.3. The third-order valence-corrected chi connectivity index (χ3v) is 5.42. The maximum absolute atomic E-state index is 12.9. The fraction of sp³-hybridized carbons (Fsp3) is 0.115. The van der Waals surface area contributed by atoms with Crippen molar-refractivity contribution in [1.82, 2.24) is 15.0 Å². The van der Waals surface area contributed by atoms with Crippen LogP contribution in [-0.4, -0.2) is 15.0 Å². The molecule has 0 fully saturated rings. The lowest BCUT2D eigenvalue weighted by molar-refractivity contribution is -0.137. The molecule has 0 saturated heterocycles. The van der Waals surface area contributed by atoms with Crippen LogP contribution in [0.4, 0.5) is 13.2 Å². The Morgan fingerprint density at radius 1 is 1.15 bits per heavy atom. The Balaban J connectivity index is 0.000000331. The van der Waals surface area contributed by atoms with E-state index in [-0.39, 0.29) is 0 Å². The van der Waals surface area contributed by atoms with Crippen molar-refractivity contribution in [2.45, 2.75) is 20.0 Å². The van der Waals surface area contributed by atoms with Crippen molar-refractivity contribution in [2.24, 2.45) is 0 Å². The number of H-pyrrole nitrogens is 2. The Morgan fingerprint density at radius 3 is 2.64 bits per heavy atom. The van der Waals surface area contributed by atoms with Gasteiger partial charge in [-0.15, -0.1) is 0 Å². The van der Waals surface area contributed by atoms with Gasteiger partial charge in [0, 0.05) is 32.7 Å². The van der Waals surface area contributed by atoms with Crippen LogP contribution in [0.5, 0.6) is 0 Å². The molecule has 0 radical (unpaired) electrons. The molecular weight excluding hydrogens is 491 g/mol. The molecule has 0 bridgehead atoms. The molecule has 0 unspecified atom stereocenters. The van der Waals surface area contributed by atoms with Gasteiger partial charge in [0.15, 0.2) is 0 Å². The predicted molar refractivity (Wildman–Crippen MR) is 133 cm³/mol. The monoisotopic (exact) mass is 513 g/mol. The second-order valence-corrected chi connectivity index (χ2v) is 8.16. The number of halogens is 4. The summed E-state index contributed by atoms with van der Waals surface area (Å²) in [5, 5.41) is 0.972. The van der Waals surface area contributed by atoms with Gasteiger partial charge in [0.25, 0.3) is 0 Å². The molecule has 4 rings (SSSR count). The van der Waals surface area contributed by atoms with Crippen molar-refractivity contribution in [3.8, 4) is 22.6 Å². The van der Waals surface area contributed by atoms with E-state index in [1.807, 2.05) is 43.5 Å². The molecule has 0 aliphatic heterocycles. The fourth-order valence-corrected chi connectivity index (χ4v) is 3.43. The van der Waals surface area contributed by atoms with Crippen LogP contribution in [0.3, 0.4) is 0 Å². The summed E-state index contributed by atoms with van der Waals surface area (Å²) >= 11 is 3.44. The molecule has 0 spiro atoms. The van der Waals surface area contributed by atoms with Gasteiger partial charge >= 0.3 is 6.18 Å². The third kappa shape index (κ3) is 6.14. The topological polar surface area (TPSA) is 44.5 Å². The number of alkyl halides is 3. The van der Waals surface area contributed by atoms with Gasteiger partial charge in [-0.1, -0.05) is 64.5 Å². The van der Waals surface area contributed by atoms with E-state index in [0.717, 1.165) is 33.1 Å². The average Bonchev–Trinajstić information content (AvgIpc) is 3.44. The van der Waals surface area contributed by atoms with Crippen LogP contribution >= 0.6 is 15.9 Å². The molecule has 3 nitrogen and oxygen atoms in total. The van der Waals surface area contributed by atoms with E-state index >= 15 is 0 Å². The Morgan fingerprint density at radius 2 is 1.94 bits per heavy atom. The minimum atomic E-state index is -4.37. The zero-order chi connectivity index (χ0) is 24.0. The van der Waals surface area contributed by atoms with E-state index in [0.29, 0.717) is 17.1 Å². The van der Waals surface area contributed by atoms with Crippen LogP contribution in [0.15, 0.2) is 95.8 Å². The largest absolute Gasteiger partial charge is 0.416 e. The highest BCUT2D eigenvalue weighted by atomic mass is 79.9. The van der Waals surface area contributed by atoms with E-state index in [2.05, 4.69) is 50.5 Å². The van der Waals surface area contributed by atoms with E-state index in [1.165, 1.54) is 11.6 Å². The summed E-state index contributed by atoms with van der Waals surface area (Å²) in [5.41, 5.74) is 3.37. The Kier molecular flexibility index (Phi) is 7.76. The summed E-state index contributed by atoms with van der Waals surface area (Å²) in [4.78, 5) is 10.6. The molecular formula is C26H23BrF3N3. The number of nitrogens with zero attached hydrogens (tertiary/aromatic N) is 1. The van der Waals surface area contributed by atoms with Crippen LogP contribution in [0.25, 0.3) is 33.5 Å². The van der Waals surface area contributed by atoms with Gasteiger partial charge in [0.05, 0.1) is 17.5 Å². The summed E-state index contributed by atoms with van der Waals surface area (Å²) in [7, 11) is 0.